The molecule has 0 bridgehead atoms. The Kier molecular flexibility index (Phi) is 11.7. The van der Waals surface area contributed by atoms with E-state index in [0.29, 0.717) is 13.2 Å². The van der Waals surface area contributed by atoms with E-state index >= 15 is 0 Å². The van der Waals surface area contributed by atoms with E-state index in [4.69, 9.17) is 14.4 Å². The van der Waals surface area contributed by atoms with Crippen LogP contribution in [0, 0.1) is 0 Å². The third kappa shape index (κ3) is 22.5. The predicted octanol–water partition coefficient (Wildman–Crippen LogP) is 0.241. The van der Waals surface area contributed by atoms with Gasteiger partial charge in [-0.05, 0) is 0 Å². The Bertz CT molecular complexity index is 224. The SMILES string of the molecule is C=CCOCC=C.O=S(=O)(O)CCO. The first-order valence-corrected chi connectivity index (χ1v) is 5.44. The molecule has 14 heavy (non-hydrogen) atoms. The molecule has 0 unspecified atom stereocenters. The fourth-order valence-electron chi connectivity index (χ4n) is 0.350. The van der Waals surface area contributed by atoms with Crippen LogP contribution in [-0.2, 0) is 14.9 Å². The molecule has 0 aromatic carbocycles. The molecule has 0 fully saturated rings. The Morgan fingerprint density at radius 2 is 1.64 bits per heavy atom. The summed E-state index contributed by atoms with van der Waals surface area (Å²) < 4.78 is 32.0. The Hall–Kier alpha value is -0.690. The van der Waals surface area contributed by atoms with Crippen LogP contribution in [0.5, 0.6) is 0 Å². The number of hydrogen-bond acceptors (Lipinski definition) is 4. The van der Waals surface area contributed by atoms with Crippen molar-refractivity contribution < 1.29 is 22.8 Å². The van der Waals surface area contributed by atoms with Crippen molar-refractivity contribution in [3.63, 3.8) is 0 Å². The van der Waals surface area contributed by atoms with Gasteiger partial charge in [-0.2, -0.15) is 8.42 Å². The van der Waals surface area contributed by atoms with Crippen molar-refractivity contribution in [2.75, 3.05) is 25.6 Å². The van der Waals surface area contributed by atoms with E-state index in [1.54, 1.807) is 12.2 Å². The minimum Gasteiger partial charge on any atom is -0.395 e. The van der Waals surface area contributed by atoms with Crippen LogP contribution in [0.2, 0.25) is 0 Å². The smallest absolute Gasteiger partial charge is 0.267 e. The average molecular weight is 224 g/mol. The van der Waals surface area contributed by atoms with Gasteiger partial charge in [-0.25, -0.2) is 0 Å². The van der Waals surface area contributed by atoms with Gasteiger partial charge in [0.05, 0.1) is 25.6 Å². The molecular formula is C8H16O5S. The summed E-state index contributed by atoms with van der Waals surface area (Å²) in [5, 5.41) is 7.86. The number of rotatable bonds is 6. The van der Waals surface area contributed by atoms with Crippen molar-refractivity contribution in [1.82, 2.24) is 0 Å². The van der Waals surface area contributed by atoms with Gasteiger partial charge in [0.1, 0.15) is 0 Å². The molecule has 84 valence electrons. The molecule has 5 nitrogen and oxygen atoms in total. The lowest BCUT2D eigenvalue weighted by atomic mass is 10.6. The molecule has 0 atom stereocenters. The highest BCUT2D eigenvalue weighted by Crippen LogP contribution is 1.76. The minimum atomic E-state index is -3.92. The van der Waals surface area contributed by atoms with Gasteiger partial charge in [0.25, 0.3) is 10.1 Å². The standard InChI is InChI=1S/C6H10O.C2H6O4S/c1-3-5-7-6-4-2;3-1-2-7(4,5)6/h3-4H,1-2,5-6H2;3H,1-2H2,(H,4,5,6). The van der Waals surface area contributed by atoms with Crippen LogP contribution in [-0.4, -0.2) is 43.7 Å². The maximum absolute atomic E-state index is 9.63. The second kappa shape index (κ2) is 10.4. The first kappa shape index (κ1) is 15.8. The van der Waals surface area contributed by atoms with Crippen LogP contribution >= 0.6 is 0 Å². The summed E-state index contributed by atoms with van der Waals surface area (Å²) in [6.07, 6.45) is 3.42. The van der Waals surface area contributed by atoms with Crippen LogP contribution < -0.4 is 0 Å². The van der Waals surface area contributed by atoms with Crippen LogP contribution in [0.4, 0.5) is 0 Å². The van der Waals surface area contributed by atoms with E-state index in [1.807, 2.05) is 0 Å². The zero-order valence-corrected chi connectivity index (χ0v) is 8.74. The summed E-state index contributed by atoms with van der Waals surface area (Å²) in [6.45, 7) is 7.65. The molecule has 0 amide bonds. The van der Waals surface area contributed by atoms with Crippen LogP contribution in [0.25, 0.3) is 0 Å². The molecule has 0 aliphatic carbocycles. The van der Waals surface area contributed by atoms with Crippen molar-refractivity contribution in [3.8, 4) is 0 Å². The lowest BCUT2D eigenvalue weighted by Gasteiger charge is -1.89. The molecule has 0 aliphatic rings. The van der Waals surface area contributed by atoms with Gasteiger partial charge in [-0.3, -0.25) is 4.55 Å². The zero-order valence-electron chi connectivity index (χ0n) is 7.92. The molecule has 2 N–H and O–H groups in total. The minimum absolute atomic E-state index is 0.529. The largest absolute Gasteiger partial charge is 0.395 e. The molecule has 0 aromatic rings. The lowest BCUT2D eigenvalue weighted by molar-refractivity contribution is 0.194. The maximum atomic E-state index is 9.63. The first-order chi connectivity index (χ1) is 6.47. The normalized spacial score (nSPS) is 9.86. The molecule has 0 rings (SSSR count). The molecule has 0 aliphatic heterocycles. The van der Waals surface area contributed by atoms with Crippen LogP contribution in [0.15, 0.2) is 25.3 Å². The van der Waals surface area contributed by atoms with Gasteiger partial charge in [-0.15, -0.1) is 13.2 Å². The highest BCUT2D eigenvalue weighted by molar-refractivity contribution is 7.85. The van der Waals surface area contributed by atoms with E-state index in [2.05, 4.69) is 13.2 Å². The van der Waals surface area contributed by atoms with Gasteiger partial charge >= 0.3 is 0 Å². The average Bonchev–Trinajstić information content (AvgIpc) is 2.04. The van der Waals surface area contributed by atoms with E-state index in [1.165, 1.54) is 0 Å². The van der Waals surface area contributed by atoms with Crippen LogP contribution in [0.3, 0.4) is 0 Å². The van der Waals surface area contributed by atoms with Crippen molar-refractivity contribution >= 4 is 10.1 Å². The quantitative estimate of drug-likeness (QED) is 0.383. The van der Waals surface area contributed by atoms with Gasteiger partial charge in [0, 0.05) is 0 Å². The molecule has 6 heteroatoms. The van der Waals surface area contributed by atoms with Crippen molar-refractivity contribution in [3.05, 3.63) is 25.3 Å². The first-order valence-electron chi connectivity index (χ1n) is 3.83. The molecular weight excluding hydrogens is 208 g/mol. The summed E-state index contributed by atoms with van der Waals surface area (Å²) in [5.41, 5.74) is 0. The number of hydrogen-bond donors (Lipinski definition) is 2. The number of ether oxygens (including phenoxy) is 1. The summed E-state index contributed by atoms with van der Waals surface area (Å²) >= 11 is 0. The van der Waals surface area contributed by atoms with Crippen molar-refractivity contribution in [2.45, 2.75) is 0 Å². The number of aliphatic hydroxyl groups is 1. The van der Waals surface area contributed by atoms with Crippen molar-refractivity contribution in [1.29, 1.82) is 0 Å². The molecule has 0 saturated heterocycles. The van der Waals surface area contributed by atoms with Crippen molar-refractivity contribution in [2.24, 2.45) is 0 Å². The highest BCUT2D eigenvalue weighted by atomic mass is 32.2. The lowest BCUT2D eigenvalue weighted by Crippen LogP contribution is -2.06. The third-order valence-corrected chi connectivity index (χ3v) is 1.52. The summed E-state index contributed by atoms with van der Waals surface area (Å²) in [4.78, 5) is 0. The second-order valence-corrected chi connectivity index (χ2v) is 3.70. The Balaban J connectivity index is 0. The zero-order chi connectivity index (χ0) is 11.4. The Morgan fingerprint density at radius 3 is 1.79 bits per heavy atom. The molecule has 0 spiro atoms. The maximum Gasteiger partial charge on any atom is 0.267 e. The van der Waals surface area contributed by atoms with E-state index in [0.717, 1.165) is 0 Å². The third-order valence-electron chi connectivity index (χ3n) is 0.821. The van der Waals surface area contributed by atoms with Gasteiger partial charge in [0.15, 0.2) is 0 Å². The van der Waals surface area contributed by atoms with Gasteiger partial charge in [0.2, 0.25) is 0 Å². The summed E-state index contributed by atoms with van der Waals surface area (Å²) in [5.74, 6) is -0.576. The van der Waals surface area contributed by atoms with Gasteiger partial charge < -0.3 is 9.84 Å². The Labute approximate surface area is 84.5 Å². The summed E-state index contributed by atoms with van der Waals surface area (Å²) in [6, 6.07) is 0. The summed E-state index contributed by atoms with van der Waals surface area (Å²) in [7, 11) is -3.92. The van der Waals surface area contributed by atoms with E-state index in [9.17, 15) is 8.42 Å². The second-order valence-electron chi connectivity index (χ2n) is 2.12. The van der Waals surface area contributed by atoms with Crippen LogP contribution in [0.1, 0.15) is 0 Å². The topological polar surface area (TPSA) is 83.8 Å². The Morgan fingerprint density at radius 1 is 1.21 bits per heavy atom. The monoisotopic (exact) mass is 224 g/mol. The molecule has 0 saturated carbocycles. The fourth-order valence-corrected chi connectivity index (χ4v) is 0.581. The molecule has 0 radical (unpaired) electrons. The number of aliphatic hydroxyl groups excluding tert-OH is 1. The predicted molar refractivity (Wildman–Crippen MR) is 54.7 cm³/mol. The molecule has 0 heterocycles. The van der Waals surface area contributed by atoms with E-state index in [-0.39, 0.29) is 0 Å². The van der Waals surface area contributed by atoms with E-state index < -0.39 is 22.5 Å². The molecule has 0 aromatic heterocycles. The van der Waals surface area contributed by atoms with Gasteiger partial charge in [-0.1, -0.05) is 12.2 Å². The fraction of sp³-hybridized carbons (Fsp3) is 0.500. The highest BCUT2D eigenvalue weighted by Gasteiger charge is 1.99.